The van der Waals surface area contributed by atoms with Gasteiger partial charge in [0.25, 0.3) is 0 Å². The number of anilines is 1. The highest BCUT2D eigenvalue weighted by Gasteiger charge is 2.13. The molecule has 132 valence electrons. The molecule has 8 heteroatoms. The predicted molar refractivity (Wildman–Crippen MR) is 86.7 cm³/mol. The number of nitrogens with one attached hydrogen (secondary N) is 2. The van der Waals surface area contributed by atoms with E-state index in [4.69, 9.17) is 4.74 Å². The highest BCUT2D eigenvalue weighted by atomic mass is 19.1. The topological polar surface area (TPSA) is 76.7 Å². The number of amides is 2. The van der Waals surface area contributed by atoms with Gasteiger partial charge in [-0.2, -0.15) is 0 Å². The van der Waals surface area contributed by atoms with Crippen LogP contribution in [0.25, 0.3) is 0 Å². The van der Waals surface area contributed by atoms with Crippen molar-refractivity contribution in [2.75, 3.05) is 25.6 Å². The molecule has 0 unspecified atom stereocenters. The quantitative estimate of drug-likeness (QED) is 0.620. The second-order valence-electron chi connectivity index (χ2n) is 4.84. The van der Waals surface area contributed by atoms with Gasteiger partial charge in [0.2, 0.25) is 0 Å². The van der Waals surface area contributed by atoms with E-state index in [1.165, 1.54) is 13.2 Å². The maximum absolute atomic E-state index is 13.4. The number of rotatable bonds is 6. The molecule has 25 heavy (non-hydrogen) atoms. The minimum Gasteiger partial charge on any atom is -0.489 e. The molecule has 0 heterocycles. The molecule has 0 aliphatic rings. The monoisotopic (exact) mass is 350 g/mol. The number of ether oxygens (including phenoxy) is 2. The van der Waals surface area contributed by atoms with Crippen LogP contribution in [0.5, 0.6) is 5.75 Å². The molecular formula is C17H16F2N2O4. The van der Waals surface area contributed by atoms with Crippen LogP contribution in [-0.2, 0) is 4.74 Å². The molecule has 2 aromatic rings. The Morgan fingerprint density at radius 2 is 1.88 bits per heavy atom. The van der Waals surface area contributed by atoms with Gasteiger partial charge in [-0.05, 0) is 24.3 Å². The summed E-state index contributed by atoms with van der Waals surface area (Å²) in [6, 6.07) is 8.74. The average molecular weight is 350 g/mol. The third-order valence-electron chi connectivity index (χ3n) is 3.12. The van der Waals surface area contributed by atoms with Gasteiger partial charge in [-0.1, -0.05) is 12.1 Å². The van der Waals surface area contributed by atoms with Crippen LogP contribution >= 0.6 is 0 Å². The summed E-state index contributed by atoms with van der Waals surface area (Å²) in [5.41, 5.74) is 0.502. The number of hydrogen-bond acceptors (Lipinski definition) is 4. The molecule has 2 rings (SSSR count). The van der Waals surface area contributed by atoms with Crippen LogP contribution in [0.2, 0.25) is 0 Å². The number of urea groups is 1. The second kappa shape index (κ2) is 8.62. The van der Waals surface area contributed by atoms with Gasteiger partial charge >= 0.3 is 12.0 Å². The van der Waals surface area contributed by atoms with Crippen molar-refractivity contribution in [3.8, 4) is 5.75 Å². The Labute approximate surface area is 142 Å². The van der Waals surface area contributed by atoms with Crippen molar-refractivity contribution in [1.82, 2.24) is 5.32 Å². The van der Waals surface area contributed by atoms with Crippen LogP contribution in [0.3, 0.4) is 0 Å². The standard InChI is InChI=1S/C17H16F2N2O4/c1-24-16(22)12-4-2-3-5-14(12)21-17(23)20-8-9-25-15-7-6-11(18)10-13(15)19/h2-7,10H,8-9H2,1H3,(H2,20,21,23). The van der Waals surface area contributed by atoms with E-state index in [2.05, 4.69) is 15.4 Å². The Morgan fingerprint density at radius 1 is 1.12 bits per heavy atom. The summed E-state index contributed by atoms with van der Waals surface area (Å²) in [6.07, 6.45) is 0. The highest BCUT2D eigenvalue weighted by molar-refractivity contribution is 6.00. The Morgan fingerprint density at radius 3 is 2.60 bits per heavy atom. The zero-order valence-electron chi connectivity index (χ0n) is 13.3. The molecule has 0 saturated heterocycles. The van der Waals surface area contributed by atoms with Crippen LogP contribution in [0, 0.1) is 11.6 Å². The Kier molecular flexibility index (Phi) is 6.27. The molecule has 0 spiro atoms. The maximum Gasteiger partial charge on any atom is 0.339 e. The third-order valence-corrected chi connectivity index (χ3v) is 3.12. The predicted octanol–water partition coefficient (Wildman–Crippen LogP) is 2.95. The molecule has 2 N–H and O–H groups in total. The fourth-order valence-electron chi connectivity index (χ4n) is 1.96. The first-order chi connectivity index (χ1) is 12.0. The summed E-state index contributed by atoms with van der Waals surface area (Å²) in [4.78, 5) is 23.5. The number of carbonyl (C=O) groups is 2. The Hall–Kier alpha value is -3.16. The molecule has 2 aromatic carbocycles. The van der Waals surface area contributed by atoms with Gasteiger partial charge in [0.15, 0.2) is 11.6 Å². The van der Waals surface area contributed by atoms with E-state index in [9.17, 15) is 18.4 Å². The highest BCUT2D eigenvalue weighted by Crippen LogP contribution is 2.17. The lowest BCUT2D eigenvalue weighted by atomic mass is 10.2. The lowest BCUT2D eigenvalue weighted by Crippen LogP contribution is -2.32. The smallest absolute Gasteiger partial charge is 0.339 e. The van der Waals surface area contributed by atoms with Crippen molar-refractivity contribution >= 4 is 17.7 Å². The number of benzene rings is 2. The van der Waals surface area contributed by atoms with Crippen molar-refractivity contribution in [2.24, 2.45) is 0 Å². The van der Waals surface area contributed by atoms with Crippen molar-refractivity contribution in [3.63, 3.8) is 0 Å². The van der Waals surface area contributed by atoms with Crippen molar-refractivity contribution in [2.45, 2.75) is 0 Å². The number of methoxy groups -OCH3 is 1. The number of hydrogen-bond donors (Lipinski definition) is 2. The van der Waals surface area contributed by atoms with Gasteiger partial charge in [0.1, 0.15) is 12.4 Å². The maximum atomic E-state index is 13.4. The van der Waals surface area contributed by atoms with E-state index in [-0.39, 0.29) is 30.2 Å². The molecule has 0 aliphatic carbocycles. The number of carbonyl (C=O) groups excluding carboxylic acids is 2. The van der Waals surface area contributed by atoms with Crippen LogP contribution in [0.4, 0.5) is 19.3 Å². The minimum atomic E-state index is -0.823. The number of para-hydroxylation sites is 1. The average Bonchev–Trinajstić information content (AvgIpc) is 2.60. The lowest BCUT2D eigenvalue weighted by molar-refractivity contribution is 0.0602. The van der Waals surface area contributed by atoms with Gasteiger partial charge in [-0.25, -0.2) is 18.4 Å². The van der Waals surface area contributed by atoms with Gasteiger partial charge < -0.3 is 20.1 Å². The first kappa shape index (κ1) is 18.2. The molecule has 2 amide bonds. The normalized spacial score (nSPS) is 10.0. The van der Waals surface area contributed by atoms with E-state index < -0.39 is 23.6 Å². The molecule has 0 bridgehead atoms. The zero-order valence-corrected chi connectivity index (χ0v) is 13.3. The minimum absolute atomic E-state index is 0.0192. The van der Waals surface area contributed by atoms with E-state index >= 15 is 0 Å². The molecule has 0 aromatic heterocycles. The van der Waals surface area contributed by atoms with E-state index in [0.29, 0.717) is 6.07 Å². The molecule has 0 atom stereocenters. The second-order valence-corrected chi connectivity index (χ2v) is 4.84. The number of halogens is 2. The fraction of sp³-hybridized carbons (Fsp3) is 0.176. The molecular weight excluding hydrogens is 334 g/mol. The largest absolute Gasteiger partial charge is 0.489 e. The van der Waals surface area contributed by atoms with Crippen LogP contribution in [-0.4, -0.2) is 32.3 Å². The van der Waals surface area contributed by atoms with Crippen LogP contribution in [0.15, 0.2) is 42.5 Å². The molecule has 0 radical (unpaired) electrons. The molecule has 0 fully saturated rings. The van der Waals surface area contributed by atoms with Crippen molar-refractivity contribution in [3.05, 3.63) is 59.7 Å². The van der Waals surface area contributed by atoms with Crippen LogP contribution in [0.1, 0.15) is 10.4 Å². The Bertz CT molecular complexity index is 768. The first-order valence-electron chi connectivity index (χ1n) is 7.31. The SMILES string of the molecule is COC(=O)c1ccccc1NC(=O)NCCOc1ccc(F)cc1F. The van der Waals surface area contributed by atoms with Crippen molar-refractivity contribution < 1.29 is 27.8 Å². The zero-order chi connectivity index (χ0) is 18.2. The first-order valence-corrected chi connectivity index (χ1v) is 7.31. The molecule has 0 aliphatic heterocycles. The Balaban J connectivity index is 1.82. The third kappa shape index (κ3) is 5.17. The van der Waals surface area contributed by atoms with Gasteiger partial charge in [-0.15, -0.1) is 0 Å². The van der Waals surface area contributed by atoms with Gasteiger partial charge in [0.05, 0.1) is 24.9 Å². The summed E-state index contributed by atoms with van der Waals surface area (Å²) in [5, 5.41) is 5.01. The fourth-order valence-corrected chi connectivity index (χ4v) is 1.96. The van der Waals surface area contributed by atoms with Crippen molar-refractivity contribution in [1.29, 1.82) is 0 Å². The lowest BCUT2D eigenvalue weighted by Gasteiger charge is -2.11. The summed E-state index contributed by atoms with van der Waals surface area (Å²) >= 11 is 0. The van der Waals surface area contributed by atoms with Gasteiger partial charge in [0, 0.05) is 6.07 Å². The van der Waals surface area contributed by atoms with Crippen LogP contribution < -0.4 is 15.4 Å². The van der Waals surface area contributed by atoms with E-state index in [0.717, 1.165) is 12.1 Å². The summed E-state index contributed by atoms with van der Waals surface area (Å²) in [7, 11) is 1.24. The number of esters is 1. The summed E-state index contributed by atoms with van der Waals surface area (Å²) in [5.74, 6) is -2.21. The van der Waals surface area contributed by atoms with E-state index in [1.54, 1.807) is 18.2 Å². The van der Waals surface area contributed by atoms with Gasteiger partial charge in [-0.3, -0.25) is 0 Å². The summed E-state index contributed by atoms with van der Waals surface area (Å²) in [6.45, 7) is 0.0532. The molecule has 0 saturated carbocycles. The summed E-state index contributed by atoms with van der Waals surface area (Å²) < 4.78 is 35.9. The van der Waals surface area contributed by atoms with E-state index in [1.807, 2.05) is 0 Å². The molecule has 6 nitrogen and oxygen atoms in total.